The average molecular weight is 252 g/mol. The van der Waals surface area contributed by atoms with Crippen molar-refractivity contribution in [2.24, 2.45) is 0 Å². The van der Waals surface area contributed by atoms with E-state index in [-0.39, 0.29) is 0 Å². The Morgan fingerprint density at radius 2 is 2.11 bits per heavy atom. The van der Waals surface area contributed by atoms with Crippen molar-refractivity contribution < 1.29 is 0 Å². The van der Waals surface area contributed by atoms with Gasteiger partial charge in [-0.05, 0) is 30.7 Å². The van der Waals surface area contributed by atoms with Crippen LogP contribution in [-0.4, -0.2) is 14.4 Å². The van der Waals surface area contributed by atoms with Gasteiger partial charge in [0.05, 0.1) is 11.4 Å². The third-order valence-electron chi connectivity index (χ3n) is 3.13. The van der Waals surface area contributed by atoms with E-state index >= 15 is 0 Å². The van der Waals surface area contributed by atoms with Gasteiger partial charge in [-0.3, -0.25) is 4.98 Å². The SMILES string of the molecule is Cc1cccnc1CNCc1cn2ccccc2n1. The summed E-state index contributed by atoms with van der Waals surface area (Å²) in [6.07, 6.45) is 5.89. The van der Waals surface area contributed by atoms with Gasteiger partial charge in [-0.15, -0.1) is 0 Å². The molecule has 0 fully saturated rings. The zero-order chi connectivity index (χ0) is 13.1. The van der Waals surface area contributed by atoms with Gasteiger partial charge < -0.3 is 9.72 Å². The summed E-state index contributed by atoms with van der Waals surface area (Å²) in [5.41, 5.74) is 4.32. The molecule has 0 saturated carbocycles. The van der Waals surface area contributed by atoms with E-state index in [1.54, 1.807) is 0 Å². The van der Waals surface area contributed by atoms with E-state index in [9.17, 15) is 0 Å². The number of aromatic nitrogens is 3. The molecule has 19 heavy (non-hydrogen) atoms. The highest BCUT2D eigenvalue weighted by Gasteiger charge is 2.02. The van der Waals surface area contributed by atoms with Crippen molar-refractivity contribution in [2.45, 2.75) is 20.0 Å². The van der Waals surface area contributed by atoms with Crippen LogP contribution >= 0.6 is 0 Å². The Balaban J connectivity index is 1.65. The summed E-state index contributed by atoms with van der Waals surface area (Å²) in [5.74, 6) is 0. The van der Waals surface area contributed by atoms with Gasteiger partial charge in [0.2, 0.25) is 0 Å². The maximum absolute atomic E-state index is 4.55. The number of rotatable bonds is 4. The van der Waals surface area contributed by atoms with Crippen molar-refractivity contribution >= 4 is 5.65 Å². The van der Waals surface area contributed by atoms with Gasteiger partial charge >= 0.3 is 0 Å². The summed E-state index contributed by atoms with van der Waals surface area (Å²) in [4.78, 5) is 8.91. The maximum Gasteiger partial charge on any atom is 0.137 e. The van der Waals surface area contributed by atoms with E-state index < -0.39 is 0 Å². The van der Waals surface area contributed by atoms with E-state index in [1.165, 1.54) is 5.56 Å². The van der Waals surface area contributed by atoms with Crippen LogP contribution in [-0.2, 0) is 13.1 Å². The van der Waals surface area contributed by atoms with Gasteiger partial charge in [0.1, 0.15) is 5.65 Å². The minimum atomic E-state index is 0.748. The smallest absolute Gasteiger partial charge is 0.137 e. The zero-order valence-corrected chi connectivity index (χ0v) is 10.9. The number of hydrogen-bond acceptors (Lipinski definition) is 3. The van der Waals surface area contributed by atoms with Crippen LogP contribution in [0.25, 0.3) is 5.65 Å². The van der Waals surface area contributed by atoms with Gasteiger partial charge in [0.25, 0.3) is 0 Å². The summed E-state index contributed by atoms with van der Waals surface area (Å²) in [6, 6.07) is 10.0. The first kappa shape index (κ1) is 11.9. The fourth-order valence-corrected chi connectivity index (χ4v) is 2.08. The number of pyridine rings is 2. The van der Waals surface area contributed by atoms with Crippen LogP contribution < -0.4 is 5.32 Å². The molecule has 1 N–H and O–H groups in total. The second-order valence-corrected chi connectivity index (χ2v) is 4.57. The van der Waals surface area contributed by atoms with Crippen molar-refractivity contribution in [3.05, 3.63) is 65.9 Å². The molecular formula is C15H16N4. The van der Waals surface area contributed by atoms with Crippen LogP contribution in [0.2, 0.25) is 0 Å². The molecule has 4 heteroatoms. The predicted molar refractivity (Wildman–Crippen MR) is 74.7 cm³/mol. The number of aryl methyl sites for hydroxylation is 1. The van der Waals surface area contributed by atoms with Crippen molar-refractivity contribution in [3.63, 3.8) is 0 Å². The molecule has 0 aliphatic rings. The van der Waals surface area contributed by atoms with Gasteiger partial charge in [0, 0.05) is 31.7 Å². The van der Waals surface area contributed by atoms with Crippen molar-refractivity contribution in [2.75, 3.05) is 0 Å². The standard InChI is InChI=1S/C15H16N4/c1-12-5-4-7-17-14(12)10-16-9-13-11-19-8-3-2-6-15(19)18-13/h2-8,11,16H,9-10H2,1H3. The highest BCUT2D eigenvalue weighted by Crippen LogP contribution is 2.05. The molecule has 0 aromatic carbocycles. The topological polar surface area (TPSA) is 42.2 Å². The number of nitrogens with one attached hydrogen (secondary N) is 1. The molecule has 4 nitrogen and oxygen atoms in total. The van der Waals surface area contributed by atoms with Gasteiger partial charge in [-0.1, -0.05) is 12.1 Å². The molecule has 0 unspecified atom stereocenters. The molecule has 3 rings (SSSR count). The minimum absolute atomic E-state index is 0.748. The summed E-state index contributed by atoms with van der Waals surface area (Å²) in [7, 11) is 0. The Morgan fingerprint density at radius 3 is 2.95 bits per heavy atom. The van der Waals surface area contributed by atoms with Gasteiger partial charge in [0.15, 0.2) is 0 Å². The lowest BCUT2D eigenvalue weighted by atomic mass is 10.2. The van der Waals surface area contributed by atoms with E-state index in [2.05, 4.69) is 28.3 Å². The first-order valence-electron chi connectivity index (χ1n) is 6.37. The summed E-state index contributed by atoms with van der Waals surface area (Å²) < 4.78 is 2.03. The molecule has 3 aromatic rings. The lowest BCUT2D eigenvalue weighted by Crippen LogP contribution is -2.14. The summed E-state index contributed by atoms with van der Waals surface area (Å²) in [5, 5.41) is 3.38. The second-order valence-electron chi connectivity index (χ2n) is 4.57. The maximum atomic E-state index is 4.55. The van der Waals surface area contributed by atoms with Crippen molar-refractivity contribution in [1.29, 1.82) is 0 Å². The van der Waals surface area contributed by atoms with Crippen LogP contribution in [0.1, 0.15) is 17.0 Å². The Labute approximate surface area is 112 Å². The van der Waals surface area contributed by atoms with Crippen LogP contribution in [0, 0.1) is 6.92 Å². The fraction of sp³-hybridized carbons (Fsp3) is 0.200. The molecular weight excluding hydrogens is 236 g/mol. The minimum Gasteiger partial charge on any atom is -0.307 e. The summed E-state index contributed by atoms with van der Waals surface area (Å²) in [6.45, 7) is 3.59. The molecule has 0 spiro atoms. The molecule has 0 bridgehead atoms. The highest BCUT2D eigenvalue weighted by molar-refractivity contribution is 5.39. The molecule has 0 radical (unpaired) electrons. The normalized spacial score (nSPS) is 11.0. The van der Waals surface area contributed by atoms with E-state index in [1.807, 2.05) is 47.3 Å². The monoisotopic (exact) mass is 252 g/mol. The van der Waals surface area contributed by atoms with Crippen LogP contribution in [0.4, 0.5) is 0 Å². The van der Waals surface area contributed by atoms with E-state index in [0.717, 1.165) is 30.1 Å². The quantitative estimate of drug-likeness (QED) is 0.775. The lowest BCUT2D eigenvalue weighted by molar-refractivity contribution is 0.667. The van der Waals surface area contributed by atoms with E-state index in [0.29, 0.717) is 0 Å². The number of nitrogens with zero attached hydrogens (tertiary/aromatic N) is 3. The number of fused-ring (bicyclic) bond motifs is 1. The Hall–Kier alpha value is -2.20. The molecule has 3 aromatic heterocycles. The predicted octanol–water partition coefficient (Wildman–Crippen LogP) is 2.33. The summed E-state index contributed by atoms with van der Waals surface area (Å²) >= 11 is 0. The number of hydrogen-bond donors (Lipinski definition) is 1. The van der Waals surface area contributed by atoms with Crippen molar-refractivity contribution in [1.82, 2.24) is 19.7 Å². The van der Waals surface area contributed by atoms with Gasteiger partial charge in [-0.2, -0.15) is 0 Å². The molecule has 0 amide bonds. The first-order chi connectivity index (χ1) is 9.33. The molecule has 0 saturated heterocycles. The lowest BCUT2D eigenvalue weighted by Gasteiger charge is -2.04. The average Bonchev–Trinajstić information content (AvgIpc) is 2.83. The largest absolute Gasteiger partial charge is 0.307 e. The molecule has 3 heterocycles. The third kappa shape index (κ3) is 2.63. The Kier molecular flexibility index (Phi) is 3.25. The Bertz CT molecular complexity index is 654. The molecule has 0 atom stereocenters. The third-order valence-corrected chi connectivity index (χ3v) is 3.13. The molecule has 0 aliphatic heterocycles. The van der Waals surface area contributed by atoms with Crippen LogP contribution in [0.5, 0.6) is 0 Å². The van der Waals surface area contributed by atoms with Crippen LogP contribution in [0.3, 0.4) is 0 Å². The first-order valence-corrected chi connectivity index (χ1v) is 6.37. The van der Waals surface area contributed by atoms with E-state index in [4.69, 9.17) is 0 Å². The highest BCUT2D eigenvalue weighted by atomic mass is 15.0. The molecule has 0 aliphatic carbocycles. The van der Waals surface area contributed by atoms with Crippen LogP contribution in [0.15, 0.2) is 48.9 Å². The Morgan fingerprint density at radius 1 is 1.16 bits per heavy atom. The second kappa shape index (κ2) is 5.20. The zero-order valence-electron chi connectivity index (χ0n) is 10.9. The number of imidazole rings is 1. The van der Waals surface area contributed by atoms with Gasteiger partial charge in [-0.25, -0.2) is 4.98 Å². The fourth-order valence-electron chi connectivity index (χ4n) is 2.08. The molecule has 96 valence electrons. The van der Waals surface area contributed by atoms with Crippen molar-refractivity contribution in [3.8, 4) is 0 Å².